The summed E-state index contributed by atoms with van der Waals surface area (Å²) in [5.41, 5.74) is 2.14. The van der Waals surface area contributed by atoms with Crippen molar-refractivity contribution in [3.63, 3.8) is 0 Å². The molecule has 3 N–H and O–H groups in total. The zero-order chi connectivity index (χ0) is 42.1. The Kier molecular flexibility index (Phi) is 14.0. The first-order chi connectivity index (χ1) is 26.8. The molecule has 4 rings (SSSR count). The summed E-state index contributed by atoms with van der Waals surface area (Å²) in [5.74, 6) is 28.6. The average Bonchev–Trinajstić information content (AvgIpc) is 3.14. The van der Waals surface area contributed by atoms with Crippen LogP contribution >= 0.6 is 0 Å². The van der Waals surface area contributed by atoms with Gasteiger partial charge in [0.2, 0.25) is 0 Å². The lowest BCUT2D eigenvalue weighted by Crippen LogP contribution is -2.11. The topological polar surface area (TPSA) is 60.7 Å². The second-order valence-corrected chi connectivity index (χ2v) is 16.2. The molecule has 0 saturated heterocycles. The van der Waals surface area contributed by atoms with Gasteiger partial charge in [0.1, 0.15) is 19.8 Å². The summed E-state index contributed by atoms with van der Waals surface area (Å²) in [6.45, 7) is 17.0. The maximum atomic E-state index is 16.5. The molecule has 3 nitrogen and oxygen atoms in total. The number of hydrogen-bond acceptors (Lipinski definition) is 3. The molecule has 0 aliphatic rings. The van der Waals surface area contributed by atoms with Gasteiger partial charge in [0.05, 0.1) is 16.7 Å². The number of hydrogen-bond donors (Lipinski definition) is 3. The molecular weight excluding hydrogens is 718 g/mol. The number of aliphatic hydroxyl groups excluding tert-OH is 3. The summed E-state index contributed by atoms with van der Waals surface area (Å²) in [6.07, 6.45) is 0. The fraction of sp³-hybridized carbons (Fsp3) is 0.294. The molecule has 4 aromatic carbocycles. The van der Waals surface area contributed by atoms with Crippen LogP contribution in [-0.4, -0.2) is 35.1 Å². The van der Waals surface area contributed by atoms with E-state index in [4.69, 9.17) is 0 Å². The van der Waals surface area contributed by atoms with Gasteiger partial charge in [-0.25, -0.2) is 13.2 Å². The lowest BCUT2D eigenvalue weighted by molar-refractivity contribution is 0.350. The van der Waals surface area contributed by atoms with Gasteiger partial charge in [-0.2, -0.15) is 0 Å². The molecule has 4 aromatic rings. The molecule has 0 atom stereocenters. The summed E-state index contributed by atoms with van der Waals surface area (Å²) in [4.78, 5) is 0. The van der Waals surface area contributed by atoms with Crippen molar-refractivity contribution in [2.45, 2.75) is 78.6 Å². The van der Waals surface area contributed by atoms with Crippen LogP contribution < -0.4 is 0 Å². The molecule has 0 aromatic heterocycles. The van der Waals surface area contributed by atoms with Gasteiger partial charge in [-0.3, -0.25) is 0 Å². The number of rotatable bonds is 0. The van der Waals surface area contributed by atoms with Crippen molar-refractivity contribution < 1.29 is 28.5 Å². The highest BCUT2D eigenvalue weighted by Crippen LogP contribution is 2.29. The number of benzene rings is 4. The number of aliphatic hydroxyl groups is 3. The average molecular weight is 763 g/mol. The summed E-state index contributed by atoms with van der Waals surface area (Å²) in [7, 11) is 0. The fourth-order valence-corrected chi connectivity index (χ4v) is 5.46. The van der Waals surface area contributed by atoms with Gasteiger partial charge in [0.15, 0.2) is 17.5 Å². The van der Waals surface area contributed by atoms with Crippen molar-refractivity contribution in [1.82, 2.24) is 0 Å². The lowest BCUT2D eigenvalue weighted by Gasteiger charge is -2.19. The maximum Gasteiger partial charge on any atom is 0.160 e. The standard InChI is InChI=1S/C51H45F3O3/c1-49(2,3)40-22-16-34(37(31-40)13-10-28-55)19-25-43-46(52)44(26-20-35-17-23-41(50(4,5)6)32-38(35)14-11-29-56)48(54)45(47(43)53)27-21-36-18-24-42(51(7,8)9)33-39(36)15-12-30-57/h16-18,22-24,31-33,55-57H,28-30H2,1-9H3. The third-order valence-electron chi connectivity index (χ3n) is 8.85. The van der Waals surface area contributed by atoms with E-state index in [9.17, 15) is 15.3 Å². The van der Waals surface area contributed by atoms with Crippen LogP contribution in [0.15, 0.2) is 54.6 Å². The van der Waals surface area contributed by atoms with E-state index in [0.29, 0.717) is 33.4 Å². The Bertz CT molecular complexity index is 2280. The largest absolute Gasteiger partial charge is 0.384 e. The minimum absolute atomic E-state index is 0.245. The van der Waals surface area contributed by atoms with Gasteiger partial charge in [-0.1, -0.05) is 152 Å². The smallest absolute Gasteiger partial charge is 0.160 e. The normalized spacial score (nSPS) is 10.8. The molecule has 0 aliphatic carbocycles. The highest BCUT2D eigenvalue weighted by Gasteiger charge is 2.24. The van der Waals surface area contributed by atoms with Gasteiger partial charge in [-0.15, -0.1) is 0 Å². The Morgan fingerprint density at radius 3 is 0.825 bits per heavy atom. The van der Waals surface area contributed by atoms with Crippen molar-refractivity contribution >= 4 is 0 Å². The molecule has 0 unspecified atom stereocenters. The fourth-order valence-electron chi connectivity index (χ4n) is 5.46. The van der Waals surface area contributed by atoms with Gasteiger partial charge in [0.25, 0.3) is 0 Å². The van der Waals surface area contributed by atoms with E-state index in [1.165, 1.54) is 0 Å². The van der Waals surface area contributed by atoms with Crippen molar-refractivity contribution in [3.05, 3.63) is 139 Å². The Morgan fingerprint density at radius 2 is 0.614 bits per heavy atom. The highest BCUT2D eigenvalue weighted by atomic mass is 19.1. The van der Waals surface area contributed by atoms with Gasteiger partial charge < -0.3 is 15.3 Å². The Labute approximate surface area is 335 Å². The third kappa shape index (κ3) is 11.0. The van der Waals surface area contributed by atoms with Crippen molar-refractivity contribution in [1.29, 1.82) is 0 Å². The SMILES string of the molecule is CC(C)(C)c1ccc(C#Cc2c(F)c(C#Cc3ccc(C(C)(C)C)cc3C#CCO)c(F)c(C#Cc3ccc(C(C)(C)C)cc3C#CCO)c2F)c(C#CCO)c1. The van der Waals surface area contributed by atoms with E-state index >= 15 is 13.2 Å². The third-order valence-corrected chi connectivity index (χ3v) is 8.85. The van der Waals surface area contributed by atoms with Crippen LogP contribution in [0.5, 0.6) is 0 Å². The molecule has 0 heterocycles. The molecular formula is C51H45F3O3. The van der Waals surface area contributed by atoms with Crippen LogP contribution in [0.25, 0.3) is 0 Å². The Balaban J connectivity index is 2.05. The summed E-state index contributed by atoms with van der Waals surface area (Å²) in [6, 6.07) is 16.0. The second kappa shape index (κ2) is 18.2. The van der Waals surface area contributed by atoms with E-state index in [1.807, 2.05) is 98.7 Å². The maximum absolute atomic E-state index is 16.5. The van der Waals surface area contributed by atoms with Crippen LogP contribution in [-0.2, 0) is 16.2 Å². The van der Waals surface area contributed by atoms with E-state index < -0.39 is 54.0 Å². The van der Waals surface area contributed by atoms with Gasteiger partial charge >= 0.3 is 0 Å². The summed E-state index contributed by atoms with van der Waals surface area (Å²) in [5, 5.41) is 28.2. The summed E-state index contributed by atoms with van der Waals surface area (Å²) < 4.78 is 49.4. The molecule has 0 radical (unpaired) electrons. The molecule has 0 aliphatic heterocycles. The van der Waals surface area contributed by atoms with Crippen molar-refractivity contribution in [2.75, 3.05) is 19.8 Å². The first kappa shape index (κ1) is 43.6. The molecule has 6 heteroatoms. The van der Waals surface area contributed by atoms with Gasteiger partial charge in [0, 0.05) is 33.4 Å². The zero-order valence-corrected chi connectivity index (χ0v) is 33.8. The highest BCUT2D eigenvalue weighted by molar-refractivity contribution is 5.62. The molecule has 0 amide bonds. The predicted molar refractivity (Wildman–Crippen MR) is 222 cm³/mol. The predicted octanol–water partition coefficient (Wildman–Crippen LogP) is 8.23. The van der Waals surface area contributed by atoms with Crippen LogP contribution in [0.3, 0.4) is 0 Å². The molecule has 0 bridgehead atoms. The Morgan fingerprint density at radius 1 is 0.368 bits per heavy atom. The first-order valence-corrected chi connectivity index (χ1v) is 18.3. The lowest BCUT2D eigenvalue weighted by atomic mass is 9.85. The van der Waals surface area contributed by atoms with Crippen molar-refractivity contribution in [3.8, 4) is 71.0 Å². The second-order valence-electron chi connectivity index (χ2n) is 16.2. The van der Waals surface area contributed by atoms with Crippen LogP contribution in [0.1, 0.15) is 129 Å². The molecule has 0 spiro atoms. The first-order valence-electron chi connectivity index (χ1n) is 18.3. The van der Waals surface area contributed by atoms with Crippen LogP contribution in [0.2, 0.25) is 0 Å². The summed E-state index contributed by atoms with van der Waals surface area (Å²) >= 11 is 0. The molecule has 0 fully saturated rings. The zero-order valence-electron chi connectivity index (χ0n) is 33.8. The van der Waals surface area contributed by atoms with Crippen LogP contribution in [0, 0.1) is 88.5 Å². The van der Waals surface area contributed by atoms with Crippen molar-refractivity contribution in [2.24, 2.45) is 0 Å². The van der Waals surface area contributed by atoms with E-state index in [1.54, 1.807) is 18.2 Å². The minimum Gasteiger partial charge on any atom is -0.384 e. The Hall–Kier alpha value is -6.09. The van der Waals surface area contributed by atoms with E-state index in [-0.39, 0.29) is 16.2 Å². The van der Waals surface area contributed by atoms with Gasteiger partial charge in [-0.05, 0) is 69.3 Å². The minimum atomic E-state index is -1.32. The number of halogens is 3. The monoisotopic (exact) mass is 762 g/mol. The van der Waals surface area contributed by atoms with Crippen LogP contribution in [0.4, 0.5) is 13.2 Å². The van der Waals surface area contributed by atoms with E-state index in [2.05, 4.69) is 71.0 Å². The molecule has 57 heavy (non-hydrogen) atoms. The molecule has 288 valence electrons. The quantitative estimate of drug-likeness (QED) is 0.158. The van der Waals surface area contributed by atoms with E-state index in [0.717, 1.165) is 16.7 Å². The molecule has 0 saturated carbocycles.